The highest BCUT2D eigenvalue weighted by Crippen LogP contribution is 2.29. The van der Waals surface area contributed by atoms with Gasteiger partial charge in [0.25, 0.3) is 0 Å². The van der Waals surface area contributed by atoms with Crippen molar-refractivity contribution in [3.63, 3.8) is 0 Å². The van der Waals surface area contributed by atoms with Gasteiger partial charge in [-0.2, -0.15) is 0 Å². The fourth-order valence-electron chi connectivity index (χ4n) is 2.09. The summed E-state index contributed by atoms with van der Waals surface area (Å²) in [5, 5.41) is 9.76. The quantitative estimate of drug-likeness (QED) is 0.846. The fraction of sp³-hybridized carbons (Fsp3) is 0.571. The van der Waals surface area contributed by atoms with Crippen LogP contribution in [0.25, 0.3) is 0 Å². The van der Waals surface area contributed by atoms with Crippen LogP contribution in [-0.4, -0.2) is 23.1 Å². The van der Waals surface area contributed by atoms with Crippen molar-refractivity contribution in [3.05, 3.63) is 29.6 Å². The molecule has 0 aliphatic heterocycles. The number of aromatic hydroxyl groups is 1. The van der Waals surface area contributed by atoms with E-state index in [9.17, 15) is 9.50 Å². The zero-order valence-electron chi connectivity index (χ0n) is 11.1. The van der Waals surface area contributed by atoms with Gasteiger partial charge in [0.1, 0.15) is 11.6 Å². The van der Waals surface area contributed by atoms with Gasteiger partial charge in [0.2, 0.25) is 0 Å². The van der Waals surface area contributed by atoms with Crippen LogP contribution in [0.15, 0.2) is 18.2 Å². The summed E-state index contributed by atoms with van der Waals surface area (Å²) in [5.74, 6) is -0.365. The van der Waals surface area contributed by atoms with Crippen LogP contribution in [-0.2, 0) is 0 Å². The van der Waals surface area contributed by atoms with Crippen LogP contribution in [0, 0.1) is 5.82 Å². The van der Waals surface area contributed by atoms with Crippen molar-refractivity contribution in [1.29, 1.82) is 0 Å². The lowest BCUT2D eigenvalue weighted by atomic mass is 10.0. The molecule has 17 heavy (non-hydrogen) atoms. The Balaban J connectivity index is 2.84. The minimum absolute atomic E-state index is 0.0352. The highest BCUT2D eigenvalue weighted by atomic mass is 19.1. The van der Waals surface area contributed by atoms with Gasteiger partial charge in [0, 0.05) is 23.7 Å². The van der Waals surface area contributed by atoms with Crippen molar-refractivity contribution in [2.75, 3.05) is 7.05 Å². The van der Waals surface area contributed by atoms with Crippen molar-refractivity contribution in [3.8, 4) is 5.75 Å². The number of benzene rings is 1. The summed E-state index contributed by atoms with van der Waals surface area (Å²) in [7, 11) is 2.04. The molecular weight excluding hydrogens is 217 g/mol. The molecule has 0 aromatic heterocycles. The molecule has 2 unspecified atom stereocenters. The van der Waals surface area contributed by atoms with Crippen LogP contribution >= 0.6 is 0 Å². The van der Waals surface area contributed by atoms with E-state index >= 15 is 0 Å². The fourth-order valence-corrected chi connectivity index (χ4v) is 2.09. The Kier molecular flexibility index (Phi) is 4.94. The summed E-state index contributed by atoms with van der Waals surface area (Å²) < 4.78 is 12.9. The van der Waals surface area contributed by atoms with E-state index < -0.39 is 5.82 Å². The highest BCUT2D eigenvalue weighted by Gasteiger charge is 2.19. The minimum atomic E-state index is -0.400. The molecule has 0 aliphatic rings. The SMILES string of the molecule is CCCC(C)N(C)C(C)c1ccc(F)cc1O. The van der Waals surface area contributed by atoms with Gasteiger partial charge >= 0.3 is 0 Å². The van der Waals surface area contributed by atoms with Gasteiger partial charge in [-0.25, -0.2) is 4.39 Å². The van der Waals surface area contributed by atoms with E-state index in [0.29, 0.717) is 6.04 Å². The molecule has 3 heteroatoms. The maximum Gasteiger partial charge on any atom is 0.126 e. The topological polar surface area (TPSA) is 23.5 Å². The molecule has 0 amide bonds. The first-order valence-corrected chi connectivity index (χ1v) is 6.17. The monoisotopic (exact) mass is 239 g/mol. The molecule has 1 aromatic carbocycles. The zero-order chi connectivity index (χ0) is 13.0. The number of phenols is 1. The van der Waals surface area contributed by atoms with E-state index in [-0.39, 0.29) is 11.8 Å². The summed E-state index contributed by atoms with van der Waals surface area (Å²) in [4.78, 5) is 2.20. The van der Waals surface area contributed by atoms with E-state index in [0.717, 1.165) is 18.4 Å². The van der Waals surface area contributed by atoms with E-state index in [1.165, 1.54) is 12.1 Å². The van der Waals surface area contributed by atoms with Gasteiger partial charge in [-0.3, -0.25) is 4.90 Å². The van der Waals surface area contributed by atoms with Gasteiger partial charge in [-0.1, -0.05) is 19.4 Å². The predicted molar refractivity (Wildman–Crippen MR) is 68.6 cm³/mol. The summed E-state index contributed by atoms with van der Waals surface area (Å²) in [6, 6.07) is 4.75. The zero-order valence-corrected chi connectivity index (χ0v) is 11.1. The first-order valence-electron chi connectivity index (χ1n) is 6.17. The van der Waals surface area contributed by atoms with Crippen LogP contribution in [0.5, 0.6) is 5.75 Å². The molecule has 0 spiro atoms. The summed E-state index contributed by atoms with van der Waals surface area (Å²) >= 11 is 0. The van der Waals surface area contributed by atoms with E-state index in [1.54, 1.807) is 6.07 Å². The first-order chi connectivity index (χ1) is 7.97. The molecule has 1 rings (SSSR count). The van der Waals surface area contributed by atoms with Crippen LogP contribution in [0.2, 0.25) is 0 Å². The molecular formula is C14H22FNO. The van der Waals surface area contributed by atoms with Crippen molar-refractivity contribution < 1.29 is 9.50 Å². The largest absolute Gasteiger partial charge is 0.508 e. The lowest BCUT2D eigenvalue weighted by molar-refractivity contribution is 0.185. The third-order valence-electron chi connectivity index (χ3n) is 3.46. The molecule has 1 aromatic rings. The smallest absolute Gasteiger partial charge is 0.126 e. The number of hydrogen-bond donors (Lipinski definition) is 1. The molecule has 1 N–H and O–H groups in total. The Labute approximate surface area is 103 Å². The Hall–Kier alpha value is -1.09. The normalized spacial score (nSPS) is 14.9. The maximum absolute atomic E-state index is 12.9. The Morgan fingerprint density at radius 3 is 2.53 bits per heavy atom. The third kappa shape index (κ3) is 3.43. The molecule has 2 nitrogen and oxygen atoms in total. The molecule has 0 fully saturated rings. The number of nitrogens with zero attached hydrogens (tertiary/aromatic N) is 1. The lowest BCUT2D eigenvalue weighted by Crippen LogP contribution is -2.31. The van der Waals surface area contributed by atoms with Crippen molar-refractivity contribution in [2.24, 2.45) is 0 Å². The average Bonchev–Trinajstić information content (AvgIpc) is 2.27. The second kappa shape index (κ2) is 6.01. The number of phenolic OH excluding ortho intramolecular Hbond substituents is 1. The second-order valence-corrected chi connectivity index (χ2v) is 4.68. The number of halogens is 1. The van der Waals surface area contributed by atoms with Gasteiger partial charge in [0.15, 0.2) is 0 Å². The number of hydrogen-bond acceptors (Lipinski definition) is 2. The summed E-state index contributed by atoms with van der Waals surface area (Å²) in [5.41, 5.74) is 0.775. The van der Waals surface area contributed by atoms with Crippen molar-refractivity contribution in [2.45, 2.75) is 45.7 Å². The third-order valence-corrected chi connectivity index (χ3v) is 3.46. The molecule has 0 radical (unpaired) electrons. The average molecular weight is 239 g/mol. The molecule has 2 atom stereocenters. The Morgan fingerprint density at radius 1 is 1.35 bits per heavy atom. The van der Waals surface area contributed by atoms with E-state index in [2.05, 4.69) is 18.7 Å². The predicted octanol–water partition coefficient (Wildman–Crippen LogP) is 3.71. The van der Waals surface area contributed by atoms with Gasteiger partial charge in [-0.05, 0) is 33.4 Å². The standard InChI is InChI=1S/C14H22FNO/c1-5-6-10(2)16(4)11(3)13-8-7-12(15)9-14(13)17/h7-11,17H,5-6H2,1-4H3. The van der Waals surface area contributed by atoms with E-state index in [1.807, 2.05) is 14.0 Å². The molecule has 0 heterocycles. The molecule has 96 valence electrons. The van der Waals surface area contributed by atoms with Crippen LogP contribution in [0.3, 0.4) is 0 Å². The lowest BCUT2D eigenvalue weighted by Gasteiger charge is -2.31. The van der Waals surface area contributed by atoms with Crippen LogP contribution in [0.1, 0.15) is 45.2 Å². The van der Waals surface area contributed by atoms with Gasteiger partial charge < -0.3 is 5.11 Å². The molecule has 0 saturated heterocycles. The number of rotatable bonds is 5. The molecule has 0 aliphatic carbocycles. The van der Waals surface area contributed by atoms with Crippen molar-refractivity contribution in [1.82, 2.24) is 4.90 Å². The molecule has 0 bridgehead atoms. The Bertz CT molecular complexity index is 367. The second-order valence-electron chi connectivity index (χ2n) is 4.68. The van der Waals surface area contributed by atoms with Crippen LogP contribution < -0.4 is 0 Å². The highest BCUT2D eigenvalue weighted by molar-refractivity contribution is 5.34. The summed E-state index contributed by atoms with van der Waals surface area (Å²) in [6.45, 7) is 6.35. The molecule has 0 saturated carbocycles. The van der Waals surface area contributed by atoms with Gasteiger partial charge in [0.05, 0.1) is 0 Å². The Morgan fingerprint density at radius 2 is 2.00 bits per heavy atom. The van der Waals surface area contributed by atoms with Crippen LogP contribution in [0.4, 0.5) is 4.39 Å². The van der Waals surface area contributed by atoms with E-state index in [4.69, 9.17) is 0 Å². The van der Waals surface area contributed by atoms with Gasteiger partial charge in [-0.15, -0.1) is 0 Å². The summed E-state index contributed by atoms with van der Waals surface area (Å²) in [6.07, 6.45) is 2.25. The minimum Gasteiger partial charge on any atom is -0.508 e. The first kappa shape index (κ1) is 14.0. The van der Waals surface area contributed by atoms with Crippen molar-refractivity contribution >= 4 is 0 Å². The maximum atomic E-state index is 12.9.